The van der Waals surface area contributed by atoms with Crippen LogP contribution in [0.3, 0.4) is 0 Å². The molecule has 0 aliphatic heterocycles. The van der Waals surface area contributed by atoms with Crippen molar-refractivity contribution in [2.24, 2.45) is 5.73 Å². The standard InChI is InChI=1S/C9H12N4O/c10-7-5-13-4-6(9(7)12)2-1-3-8(11)14/h1-2,4-5H,3,10H2,(H2,11,14)(H2,12,13). The van der Waals surface area contributed by atoms with Crippen LogP contribution in [0.4, 0.5) is 11.4 Å². The lowest BCUT2D eigenvalue weighted by atomic mass is 10.2. The number of hydrogen-bond acceptors (Lipinski definition) is 4. The predicted molar refractivity (Wildman–Crippen MR) is 55.9 cm³/mol. The van der Waals surface area contributed by atoms with Gasteiger partial charge in [-0.2, -0.15) is 0 Å². The molecule has 0 radical (unpaired) electrons. The van der Waals surface area contributed by atoms with Crippen LogP contribution in [-0.4, -0.2) is 10.9 Å². The van der Waals surface area contributed by atoms with Gasteiger partial charge in [0.05, 0.1) is 17.6 Å². The van der Waals surface area contributed by atoms with Crippen molar-refractivity contribution in [2.45, 2.75) is 6.42 Å². The smallest absolute Gasteiger partial charge is 0.221 e. The molecular formula is C9H12N4O. The van der Waals surface area contributed by atoms with Crippen LogP contribution in [0.25, 0.3) is 6.08 Å². The van der Waals surface area contributed by atoms with Crippen molar-refractivity contribution in [3.05, 3.63) is 24.0 Å². The minimum absolute atomic E-state index is 0.175. The highest BCUT2D eigenvalue weighted by Gasteiger charge is 1.98. The number of anilines is 2. The van der Waals surface area contributed by atoms with Gasteiger partial charge in [0.15, 0.2) is 0 Å². The topological polar surface area (TPSA) is 108 Å². The summed E-state index contributed by atoms with van der Waals surface area (Å²) in [6.07, 6.45) is 6.51. The van der Waals surface area contributed by atoms with Crippen LogP contribution in [-0.2, 0) is 4.79 Å². The molecule has 1 aromatic rings. The molecular weight excluding hydrogens is 180 g/mol. The Kier molecular flexibility index (Phi) is 3.06. The number of pyridine rings is 1. The van der Waals surface area contributed by atoms with Crippen LogP contribution >= 0.6 is 0 Å². The largest absolute Gasteiger partial charge is 0.396 e. The average molecular weight is 192 g/mol. The molecule has 74 valence electrons. The van der Waals surface area contributed by atoms with Crippen molar-refractivity contribution in [1.29, 1.82) is 0 Å². The number of nitrogens with zero attached hydrogens (tertiary/aromatic N) is 1. The molecule has 0 bridgehead atoms. The lowest BCUT2D eigenvalue weighted by Gasteiger charge is -2.01. The zero-order valence-corrected chi connectivity index (χ0v) is 7.60. The van der Waals surface area contributed by atoms with E-state index in [2.05, 4.69) is 4.98 Å². The average Bonchev–Trinajstić information content (AvgIpc) is 2.12. The molecule has 5 nitrogen and oxygen atoms in total. The number of amides is 1. The van der Waals surface area contributed by atoms with Gasteiger partial charge in [0, 0.05) is 18.2 Å². The van der Waals surface area contributed by atoms with Crippen molar-refractivity contribution in [2.75, 3.05) is 11.5 Å². The second-order valence-electron chi connectivity index (χ2n) is 2.80. The molecule has 0 atom stereocenters. The quantitative estimate of drug-likeness (QED) is 0.632. The maximum absolute atomic E-state index is 10.4. The number of aromatic nitrogens is 1. The maximum Gasteiger partial charge on any atom is 0.221 e. The van der Waals surface area contributed by atoms with Gasteiger partial charge in [-0.05, 0) is 0 Å². The van der Waals surface area contributed by atoms with Crippen molar-refractivity contribution in [3.63, 3.8) is 0 Å². The van der Waals surface area contributed by atoms with E-state index in [0.29, 0.717) is 16.9 Å². The summed E-state index contributed by atoms with van der Waals surface area (Å²) in [5, 5.41) is 0. The number of carbonyl (C=O) groups excluding carboxylic acids is 1. The van der Waals surface area contributed by atoms with E-state index in [9.17, 15) is 4.79 Å². The molecule has 0 fully saturated rings. The van der Waals surface area contributed by atoms with Gasteiger partial charge in [-0.3, -0.25) is 9.78 Å². The first-order valence-electron chi connectivity index (χ1n) is 4.05. The van der Waals surface area contributed by atoms with Gasteiger partial charge in [0.25, 0.3) is 0 Å². The molecule has 1 aromatic heterocycles. The minimum Gasteiger partial charge on any atom is -0.396 e. The normalized spacial score (nSPS) is 10.6. The Labute approximate surface area is 81.6 Å². The fourth-order valence-electron chi connectivity index (χ4n) is 0.938. The Bertz CT molecular complexity index is 373. The highest BCUT2D eigenvalue weighted by atomic mass is 16.1. The van der Waals surface area contributed by atoms with Gasteiger partial charge in [0.1, 0.15) is 0 Å². The minimum atomic E-state index is -0.392. The number of primary amides is 1. The van der Waals surface area contributed by atoms with Gasteiger partial charge < -0.3 is 17.2 Å². The van der Waals surface area contributed by atoms with Crippen molar-refractivity contribution >= 4 is 23.4 Å². The molecule has 0 saturated carbocycles. The fraction of sp³-hybridized carbons (Fsp3) is 0.111. The van der Waals surface area contributed by atoms with E-state index in [-0.39, 0.29) is 6.42 Å². The van der Waals surface area contributed by atoms with E-state index >= 15 is 0 Å². The Morgan fingerprint density at radius 3 is 2.79 bits per heavy atom. The number of nitrogens with two attached hydrogens (primary N) is 3. The maximum atomic E-state index is 10.4. The number of carbonyl (C=O) groups is 1. The molecule has 0 aromatic carbocycles. The highest BCUT2D eigenvalue weighted by molar-refractivity contribution is 5.78. The van der Waals surface area contributed by atoms with Gasteiger partial charge in [-0.1, -0.05) is 12.2 Å². The van der Waals surface area contributed by atoms with Crippen LogP contribution in [0.2, 0.25) is 0 Å². The molecule has 1 amide bonds. The summed E-state index contributed by atoms with van der Waals surface area (Å²) in [7, 11) is 0. The van der Waals surface area contributed by atoms with E-state index in [0.717, 1.165) is 0 Å². The molecule has 0 spiro atoms. The third-order valence-electron chi connectivity index (χ3n) is 1.67. The zero-order chi connectivity index (χ0) is 10.6. The molecule has 0 aliphatic carbocycles. The summed E-state index contributed by atoms with van der Waals surface area (Å²) >= 11 is 0. The van der Waals surface area contributed by atoms with Gasteiger partial charge in [-0.25, -0.2) is 0 Å². The van der Waals surface area contributed by atoms with Crippen molar-refractivity contribution in [1.82, 2.24) is 4.98 Å². The summed E-state index contributed by atoms with van der Waals surface area (Å²) in [6, 6.07) is 0. The zero-order valence-electron chi connectivity index (χ0n) is 7.60. The van der Waals surface area contributed by atoms with E-state index in [1.165, 1.54) is 6.20 Å². The van der Waals surface area contributed by atoms with E-state index in [1.54, 1.807) is 18.3 Å². The fourth-order valence-corrected chi connectivity index (χ4v) is 0.938. The molecule has 1 heterocycles. The van der Waals surface area contributed by atoms with Crippen molar-refractivity contribution < 1.29 is 4.79 Å². The highest BCUT2D eigenvalue weighted by Crippen LogP contribution is 2.18. The Morgan fingerprint density at radius 2 is 2.14 bits per heavy atom. The molecule has 0 unspecified atom stereocenters. The van der Waals surface area contributed by atoms with Crippen LogP contribution in [0.15, 0.2) is 18.5 Å². The SMILES string of the molecule is NC(=O)CC=Cc1cncc(N)c1N. The van der Waals surface area contributed by atoms with Crippen LogP contribution in [0.1, 0.15) is 12.0 Å². The molecule has 5 heteroatoms. The molecule has 0 aliphatic rings. The van der Waals surface area contributed by atoms with E-state index in [4.69, 9.17) is 17.2 Å². The number of nitrogen functional groups attached to an aromatic ring is 2. The van der Waals surface area contributed by atoms with E-state index < -0.39 is 5.91 Å². The second-order valence-corrected chi connectivity index (χ2v) is 2.80. The first kappa shape index (κ1) is 10.0. The van der Waals surface area contributed by atoms with Gasteiger partial charge in [0.2, 0.25) is 5.91 Å². The van der Waals surface area contributed by atoms with Crippen LogP contribution < -0.4 is 17.2 Å². The monoisotopic (exact) mass is 192 g/mol. The summed E-state index contributed by atoms with van der Waals surface area (Å²) in [4.78, 5) is 14.3. The molecule has 1 rings (SSSR count). The van der Waals surface area contributed by atoms with E-state index in [1.807, 2.05) is 0 Å². The molecule has 0 saturated heterocycles. The number of hydrogen-bond donors (Lipinski definition) is 3. The molecule has 6 N–H and O–H groups in total. The second kappa shape index (κ2) is 4.27. The molecule has 14 heavy (non-hydrogen) atoms. The predicted octanol–water partition coefficient (Wildman–Crippen LogP) is 0.135. The third-order valence-corrected chi connectivity index (χ3v) is 1.67. The van der Waals surface area contributed by atoms with Crippen LogP contribution in [0, 0.1) is 0 Å². The summed E-state index contributed by atoms with van der Waals surface area (Å²) in [5.41, 5.74) is 17.7. The summed E-state index contributed by atoms with van der Waals surface area (Å²) < 4.78 is 0. The lowest BCUT2D eigenvalue weighted by Crippen LogP contribution is -2.08. The van der Waals surface area contributed by atoms with Crippen molar-refractivity contribution in [3.8, 4) is 0 Å². The summed E-state index contributed by atoms with van der Waals surface area (Å²) in [5.74, 6) is -0.392. The van der Waals surface area contributed by atoms with Gasteiger partial charge in [-0.15, -0.1) is 0 Å². The Hall–Kier alpha value is -2.04. The van der Waals surface area contributed by atoms with Gasteiger partial charge >= 0.3 is 0 Å². The Balaban J connectivity index is 2.81. The number of rotatable bonds is 3. The lowest BCUT2D eigenvalue weighted by molar-refractivity contribution is -0.117. The summed E-state index contributed by atoms with van der Waals surface area (Å²) in [6.45, 7) is 0. The van der Waals surface area contributed by atoms with Crippen LogP contribution in [0.5, 0.6) is 0 Å². The third kappa shape index (κ3) is 2.48. The Morgan fingerprint density at radius 1 is 1.43 bits per heavy atom. The first-order chi connectivity index (χ1) is 6.61. The first-order valence-corrected chi connectivity index (χ1v) is 4.05.